The Morgan fingerprint density at radius 3 is 2.87 bits per heavy atom. The van der Waals surface area contributed by atoms with E-state index in [4.69, 9.17) is 0 Å². The highest BCUT2D eigenvalue weighted by Gasteiger charge is 2.23. The monoisotopic (exact) mass is 344 g/mol. The van der Waals surface area contributed by atoms with Crippen LogP contribution in [0.1, 0.15) is 17.3 Å². The molecule has 0 fully saturated rings. The largest absolute Gasteiger partial charge is 0.324 e. The molecule has 2 amide bonds. The predicted molar refractivity (Wildman–Crippen MR) is 96.6 cm³/mol. The third-order valence-corrected chi connectivity index (χ3v) is 5.40. The Hall–Kier alpha value is -1.92. The lowest BCUT2D eigenvalue weighted by atomic mass is 10.1. The fourth-order valence-corrected chi connectivity index (χ4v) is 3.64. The molecule has 0 radical (unpaired) electrons. The Morgan fingerprint density at radius 1 is 1.26 bits per heavy atom. The van der Waals surface area contributed by atoms with E-state index in [1.807, 2.05) is 43.5 Å². The van der Waals surface area contributed by atoms with Gasteiger partial charge < -0.3 is 10.6 Å². The van der Waals surface area contributed by atoms with Gasteiger partial charge in [-0.3, -0.25) is 9.59 Å². The van der Waals surface area contributed by atoms with Gasteiger partial charge in [-0.15, -0.1) is 23.5 Å². The van der Waals surface area contributed by atoms with Gasteiger partial charge in [0.25, 0.3) is 5.91 Å². The summed E-state index contributed by atoms with van der Waals surface area (Å²) >= 11 is 3.13. The van der Waals surface area contributed by atoms with Crippen molar-refractivity contribution >= 4 is 46.7 Å². The SMILES string of the molecule is CSc1cccc(NC(=O)c2ccc3c(c2)NC(=O)C(C)S3)c1. The standard InChI is InChI=1S/C17H16N2O2S2/c1-10-16(20)19-14-8-11(6-7-15(14)23-10)17(21)18-12-4-3-5-13(9-12)22-2/h3-10H,1-2H3,(H,18,21)(H,19,20). The van der Waals surface area contributed by atoms with E-state index in [0.717, 1.165) is 15.5 Å². The molecule has 0 bridgehead atoms. The third kappa shape index (κ3) is 3.54. The van der Waals surface area contributed by atoms with E-state index >= 15 is 0 Å². The Morgan fingerprint density at radius 2 is 2.09 bits per heavy atom. The molecule has 118 valence electrons. The molecule has 2 N–H and O–H groups in total. The molecule has 0 saturated heterocycles. The van der Waals surface area contributed by atoms with Crippen LogP contribution in [0.15, 0.2) is 52.3 Å². The summed E-state index contributed by atoms with van der Waals surface area (Å²) in [5, 5.41) is 5.62. The van der Waals surface area contributed by atoms with Gasteiger partial charge in [-0.2, -0.15) is 0 Å². The minimum atomic E-state index is -0.191. The molecule has 0 spiro atoms. The molecular formula is C17H16N2O2S2. The highest BCUT2D eigenvalue weighted by molar-refractivity contribution is 8.01. The molecule has 3 rings (SSSR count). The van der Waals surface area contributed by atoms with E-state index in [0.29, 0.717) is 11.3 Å². The summed E-state index contributed by atoms with van der Waals surface area (Å²) in [5.41, 5.74) is 1.98. The Bertz CT molecular complexity index is 777. The fraction of sp³-hybridized carbons (Fsp3) is 0.176. The van der Waals surface area contributed by atoms with Crippen molar-refractivity contribution in [3.63, 3.8) is 0 Å². The highest BCUT2D eigenvalue weighted by atomic mass is 32.2. The summed E-state index contributed by atoms with van der Waals surface area (Å²) in [5.74, 6) is -0.225. The number of thioether (sulfide) groups is 2. The summed E-state index contributed by atoms with van der Waals surface area (Å²) < 4.78 is 0. The van der Waals surface area contributed by atoms with Crippen LogP contribution in [0.25, 0.3) is 0 Å². The first-order valence-corrected chi connectivity index (χ1v) is 9.24. The molecule has 0 saturated carbocycles. The van der Waals surface area contributed by atoms with Crippen molar-refractivity contribution in [2.75, 3.05) is 16.9 Å². The average Bonchev–Trinajstić information content (AvgIpc) is 2.55. The Kier molecular flexibility index (Phi) is 4.63. The van der Waals surface area contributed by atoms with Gasteiger partial charge in [0.15, 0.2) is 0 Å². The van der Waals surface area contributed by atoms with Gasteiger partial charge in [0, 0.05) is 21.0 Å². The van der Waals surface area contributed by atoms with Gasteiger partial charge >= 0.3 is 0 Å². The van der Waals surface area contributed by atoms with Crippen LogP contribution >= 0.6 is 23.5 Å². The van der Waals surface area contributed by atoms with Crippen molar-refractivity contribution in [3.8, 4) is 0 Å². The van der Waals surface area contributed by atoms with Crippen LogP contribution in [0.3, 0.4) is 0 Å². The van der Waals surface area contributed by atoms with Crippen LogP contribution in [0.5, 0.6) is 0 Å². The first-order chi connectivity index (χ1) is 11.1. The average molecular weight is 344 g/mol. The summed E-state index contributed by atoms with van der Waals surface area (Å²) in [7, 11) is 0. The number of fused-ring (bicyclic) bond motifs is 1. The number of nitrogens with one attached hydrogen (secondary N) is 2. The number of amides is 2. The van der Waals surface area contributed by atoms with Crippen molar-refractivity contribution < 1.29 is 9.59 Å². The molecule has 1 aliphatic heterocycles. The summed E-state index contributed by atoms with van der Waals surface area (Å²) in [6, 6.07) is 13.1. The molecule has 1 aliphatic rings. The van der Waals surface area contributed by atoms with E-state index in [1.165, 1.54) is 11.8 Å². The second kappa shape index (κ2) is 6.68. The van der Waals surface area contributed by atoms with E-state index in [1.54, 1.807) is 23.9 Å². The minimum Gasteiger partial charge on any atom is -0.324 e. The lowest BCUT2D eigenvalue weighted by Crippen LogP contribution is -2.26. The van der Waals surface area contributed by atoms with Gasteiger partial charge in [0.05, 0.1) is 10.9 Å². The van der Waals surface area contributed by atoms with Crippen molar-refractivity contribution in [2.24, 2.45) is 0 Å². The second-order valence-electron chi connectivity index (χ2n) is 5.15. The lowest BCUT2D eigenvalue weighted by molar-refractivity contribution is -0.115. The zero-order valence-electron chi connectivity index (χ0n) is 12.8. The molecule has 0 aliphatic carbocycles. The maximum atomic E-state index is 12.4. The molecule has 4 nitrogen and oxygen atoms in total. The van der Waals surface area contributed by atoms with Crippen molar-refractivity contribution in [1.29, 1.82) is 0 Å². The Labute approximate surface area is 143 Å². The van der Waals surface area contributed by atoms with Crippen molar-refractivity contribution in [2.45, 2.75) is 22.0 Å². The first kappa shape index (κ1) is 16.0. The van der Waals surface area contributed by atoms with Crippen LogP contribution in [-0.2, 0) is 4.79 Å². The van der Waals surface area contributed by atoms with Gasteiger partial charge in [0.2, 0.25) is 5.91 Å². The van der Waals surface area contributed by atoms with Gasteiger partial charge in [-0.1, -0.05) is 6.07 Å². The first-order valence-electron chi connectivity index (χ1n) is 7.14. The van der Waals surface area contributed by atoms with E-state index in [-0.39, 0.29) is 17.1 Å². The van der Waals surface area contributed by atoms with Gasteiger partial charge in [-0.25, -0.2) is 0 Å². The number of hydrogen-bond donors (Lipinski definition) is 2. The molecule has 0 aromatic heterocycles. The molecular weight excluding hydrogens is 328 g/mol. The van der Waals surface area contributed by atoms with E-state index in [2.05, 4.69) is 10.6 Å². The predicted octanol–water partition coefficient (Wildman–Crippen LogP) is 4.09. The van der Waals surface area contributed by atoms with Crippen LogP contribution in [-0.4, -0.2) is 23.3 Å². The topological polar surface area (TPSA) is 58.2 Å². The summed E-state index contributed by atoms with van der Waals surface area (Å²) in [6.45, 7) is 1.86. The van der Waals surface area contributed by atoms with Crippen molar-refractivity contribution in [3.05, 3.63) is 48.0 Å². The van der Waals surface area contributed by atoms with Gasteiger partial charge in [-0.05, 0) is 49.6 Å². The van der Waals surface area contributed by atoms with Gasteiger partial charge in [0.1, 0.15) is 0 Å². The quantitative estimate of drug-likeness (QED) is 0.823. The van der Waals surface area contributed by atoms with E-state index in [9.17, 15) is 9.59 Å². The van der Waals surface area contributed by atoms with Crippen LogP contribution in [0, 0.1) is 0 Å². The zero-order chi connectivity index (χ0) is 16.4. The fourth-order valence-electron chi connectivity index (χ4n) is 2.25. The number of anilines is 2. The zero-order valence-corrected chi connectivity index (χ0v) is 14.4. The molecule has 23 heavy (non-hydrogen) atoms. The molecule has 1 atom stereocenters. The van der Waals surface area contributed by atoms with E-state index < -0.39 is 0 Å². The minimum absolute atomic E-state index is 0.0345. The maximum Gasteiger partial charge on any atom is 0.255 e. The molecule has 6 heteroatoms. The maximum absolute atomic E-state index is 12.4. The normalized spacial score (nSPS) is 16.4. The number of rotatable bonds is 3. The smallest absolute Gasteiger partial charge is 0.255 e. The highest BCUT2D eigenvalue weighted by Crippen LogP contribution is 2.36. The molecule has 2 aromatic carbocycles. The number of benzene rings is 2. The van der Waals surface area contributed by atoms with Crippen LogP contribution < -0.4 is 10.6 Å². The number of hydrogen-bond acceptors (Lipinski definition) is 4. The van der Waals surface area contributed by atoms with Crippen molar-refractivity contribution in [1.82, 2.24) is 0 Å². The molecule has 1 heterocycles. The number of carbonyl (C=O) groups is 2. The molecule has 1 unspecified atom stereocenters. The molecule has 2 aromatic rings. The summed E-state index contributed by atoms with van der Waals surface area (Å²) in [4.78, 5) is 26.2. The van der Waals surface area contributed by atoms with Crippen LogP contribution in [0.2, 0.25) is 0 Å². The summed E-state index contributed by atoms with van der Waals surface area (Å²) in [6.07, 6.45) is 1.99. The second-order valence-corrected chi connectivity index (χ2v) is 7.41. The lowest BCUT2D eigenvalue weighted by Gasteiger charge is -2.21. The number of carbonyl (C=O) groups excluding carboxylic acids is 2. The Balaban J connectivity index is 1.80. The van der Waals surface area contributed by atoms with Crippen LogP contribution in [0.4, 0.5) is 11.4 Å². The third-order valence-electron chi connectivity index (χ3n) is 3.50.